The number of alkyl halides is 1. The summed E-state index contributed by atoms with van der Waals surface area (Å²) in [6, 6.07) is 1.35. The van der Waals surface area contributed by atoms with Crippen molar-refractivity contribution in [1.82, 2.24) is 9.88 Å². The Morgan fingerprint density at radius 2 is 2.40 bits per heavy atom. The van der Waals surface area contributed by atoms with Crippen molar-refractivity contribution >= 4 is 17.5 Å². The van der Waals surface area contributed by atoms with Crippen LogP contribution in [0.25, 0.3) is 0 Å². The number of nitrogens with one attached hydrogen (secondary N) is 1. The number of likely N-dealkylation sites (tertiary alicyclic amines) is 1. The van der Waals surface area contributed by atoms with E-state index in [1.807, 2.05) is 0 Å². The minimum absolute atomic E-state index is 0.0109. The van der Waals surface area contributed by atoms with Crippen LogP contribution in [0.3, 0.4) is 0 Å². The Morgan fingerprint density at radius 1 is 1.60 bits per heavy atom. The number of aromatic nitrogens is 1. The predicted molar refractivity (Wildman–Crippen MR) is 57.2 cm³/mol. The van der Waals surface area contributed by atoms with Crippen molar-refractivity contribution in [1.29, 1.82) is 0 Å². The molecule has 1 N–H and O–H groups in total. The lowest BCUT2D eigenvalue weighted by atomic mass is 10.2. The summed E-state index contributed by atoms with van der Waals surface area (Å²) >= 11 is 5.90. The second-order valence-electron chi connectivity index (χ2n) is 3.56. The van der Waals surface area contributed by atoms with Crippen molar-refractivity contribution in [2.75, 3.05) is 13.1 Å². The summed E-state index contributed by atoms with van der Waals surface area (Å²) in [7, 11) is 0. The molecule has 15 heavy (non-hydrogen) atoms. The number of rotatable bonds is 1. The van der Waals surface area contributed by atoms with Gasteiger partial charge in [0.1, 0.15) is 5.56 Å². The second kappa shape index (κ2) is 4.06. The molecule has 1 saturated heterocycles. The van der Waals surface area contributed by atoms with Gasteiger partial charge in [-0.3, -0.25) is 9.59 Å². The van der Waals surface area contributed by atoms with E-state index in [-0.39, 0.29) is 22.3 Å². The van der Waals surface area contributed by atoms with Gasteiger partial charge < -0.3 is 9.88 Å². The SMILES string of the molecule is O=C(c1c[nH]ccc1=O)N1CCC(Cl)C1. The molecule has 1 aliphatic rings. The lowest BCUT2D eigenvalue weighted by molar-refractivity contribution is 0.0791. The highest BCUT2D eigenvalue weighted by Crippen LogP contribution is 2.15. The summed E-state index contributed by atoms with van der Waals surface area (Å²) < 4.78 is 0. The van der Waals surface area contributed by atoms with Gasteiger partial charge in [0.05, 0.1) is 5.38 Å². The predicted octanol–water partition coefficient (Wildman–Crippen LogP) is 0.828. The van der Waals surface area contributed by atoms with E-state index in [9.17, 15) is 9.59 Å². The second-order valence-corrected chi connectivity index (χ2v) is 4.18. The summed E-state index contributed by atoms with van der Waals surface area (Å²) in [5.74, 6) is -0.236. The van der Waals surface area contributed by atoms with Gasteiger partial charge >= 0.3 is 0 Å². The first-order valence-electron chi connectivity index (χ1n) is 4.79. The molecule has 0 bridgehead atoms. The maximum absolute atomic E-state index is 11.9. The van der Waals surface area contributed by atoms with E-state index in [1.165, 1.54) is 18.5 Å². The lowest BCUT2D eigenvalue weighted by Gasteiger charge is -2.14. The summed E-state index contributed by atoms with van der Waals surface area (Å²) in [6.45, 7) is 1.15. The Balaban J connectivity index is 2.22. The van der Waals surface area contributed by atoms with Gasteiger partial charge in [-0.2, -0.15) is 0 Å². The van der Waals surface area contributed by atoms with Crippen LogP contribution in [0, 0.1) is 0 Å². The van der Waals surface area contributed by atoms with E-state index in [0.29, 0.717) is 13.1 Å². The molecule has 0 radical (unpaired) electrons. The largest absolute Gasteiger partial charge is 0.367 e. The van der Waals surface area contributed by atoms with Crippen LogP contribution in [0.4, 0.5) is 0 Å². The minimum atomic E-state index is -0.253. The van der Waals surface area contributed by atoms with Crippen LogP contribution >= 0.6 is 11.6 Å². The third kappa shape index (κ3) is 2.04. The van der Waals surface area contributed by atoms with Crippen LogP contribution in [-0.4, -0.2) is 34.3 Å². The maximum Gasteiger partial charge on any atom is 0.259 e. The average molecular weight is 227 g/mol. The third-order valence-corrected chi connectivity index (χ3v) is 2.83. The highest BCUT2D eigenvalue weighted by molar-refractivity contribution is 6.21. The van der Waals surface area contributed by atoms with Gasteiger partial charge in [-0.15, -0.1) is 11.6 Å². The summed E-state index contributed by atoms with van der Waals surface area (Å²) in [4.78, 5) is 27.6. The minimum Gasteiger partial charge on any atom is -0.367 e. The first-order chi connectivity index (χ1) is 7.18. The number of nitrogens with zero attached hydrogens (tertiary/aromatic N) is 1. The van der Waals surface area contributed by atoms with Crippen molar-refractivity contribution in [3.05, 3.63) is 34.2 Å². The highest BCUT2D eigenvalue weighted by atomic mass is 35.5. The molecule has 0 saturated carbocycles. The van der Waals surface area contributed by atoms with E-state index in [1.54, 1.807) is 4.90 Å². The number of carbonyl (C=O) groups is 1. The van der Waals surface area contributed by atoms with E-state index in [2.05, 4.69) is 4.98 Å². The summed E-state index contributed by atoms with van der Waals surface area (Å²) in [6.07, 6.45) is 3.73. The molecule has 0 aliphatic carbocycles. The third-order valence-electron chi connectivity index (χ3n) is 2.47. The quantitative estimate of drug-likeness (QED) is 0.722. The molecule has 1 unspecified atom stereocenters. The van der Waals surface area contributed by atoms with Crippen LogP contribution in [0.5, 0.6) is 0 Å². The van der Waals surface area contributed by atoms with Crippen LogP contribution in [0.1, 0.15) is 16.8 Å². The number of aromatic amines is 1. The molecule has 0 aromatic carbocycles. The lowest BCUT2D eigenvalue weighted by Crippen LogP contribution is -2.32. The molecule has 1 aromatic heterocycles. The molecule has 80 valence electrons. The van der Waals surface area contributed by atoms with Gasteiger partial charge in [-0.05, 0) is 6.42 Å². The van der Waals surface area contributed by atoms with Gasteiger partial charge in [0.25, 0.3) is 5.91 Å². The average Bonchev–Trinajstić information content (AvgIpc) is 2.65. The van der Waals surface area contributed by atoms with Gasteiger partial charge in [0, 0.05) is 31.5 Å². The van der Waals surface area contributed by atoms with Crippen molar-refractivity contribution in [2.45, 2.75) is 11.8 Å². The zero-order chi connectivity index (χ0) is 10.8. The number of carbonyl (C=O) groups excluding carboxylic acids is 1. The van der Waals surface area contributed by atoms with Crippen LogP contribution in [0.15, 0.2) is 23.3 Å². The first kappa shape index (κ1) is 10.2. The van der Waals surface area contributed by atoms with E-state index in [0.717, 1.165) is 6.42 Å². The molecule has 1 amide bonds. The number of hydrogen-bond acceptors (Lipinski definition) is 2. The molecule has 1 aliphatic heterocycles. The molecule has 1 aromatic rings. The van der Waals surface area contributed by atoms with Crippen LogP contribution in [-0.2, 0) is 0 Å². The van der Waals surface area contributed by atoms with Crippen LogP contribution in [0.2, 0.25) is 0 Å². The van der Waals surface area contributed by atoms with Gasteiger partial charge in [-0.25, -0.2) is 0 Å². The molecular formula is C10H11ClN2O2. The number of pyridine rings is 1. The Bertz CT molecular complexity index is 429. The first-order valence-corrected chi connectivity index (χ1v) is 5.22. The molecule has 5 heteroatoms. The van der Waals surface area contributed by atoms with Crippen LogP contribution < -0.4 is 5.43 Å². The number of H-pyrrole nitrogens is 1. The zero-order valence-corrected chi connectivity index (χ0v) is 8.83. The van der Waals surface area contributed by atoms with Crippen molar-refractivity contribution in [2.24, 2.45) is 0 Å². The molecule has 1 atom stereocenters. The van der Waals surface area contributed by atoms with Gasteiger partial charge in [-0.1, -0.05) is 0 Å². The molecule has 1 fully saturated rings. The van der Waals surface area contributed by atoms with E-state index in [4.69, 9.17) is 11.6 Å². The summed E-state index contributed by atoms with van der Waals surface area (Å²) in [5.41, 5.74) is -0.0694. The molecule has 2 rings (SSSR count). The van der Waals surface area contributed by atoms with Crippen molar-refractivity contribution in [3.8, 4) is 0 Å². The number of amides is 1. The maximum atomic E-state index is 11.9. The fourth-order valence-corrected chi connectivity index (χ4v) is 1.92. The Morgan fingerprint density at radius 3 is 3.00 bits per heavy atom. The number of hydrogen-bond donors (Lipinski definition) is 1. The molecular weight excluding hydrogens is 216 g/mol. The van der Waals surface area contributed by atoms with Crippen molar-refractivity contribution < 1.29 is 4.79 Å². The Labute approximate surface area is 91.9 Å². The smallest absolute Gasteiger partial charge is 0.259 e. The highest BCUT2D eigenvalue weighted by Gasteiger charge is 2.26. The standard InChI is InChI=1S/C10H11ClN2O2/c11-7-2-4-13(6-7)10(15)8-5-12-3-1-9(8)14/h1,3,5,7H,2,4,6H2,(H,12,14). The van der Waals surface area contributed by atoms with Gasteiger partial charge in [0.2, 0.25) is 0 Å². The summed E-state index contributed by atoms with van der Waals surface area (Å²) in [5, 5.41) is 0.0109. The van der Waals surface area contributed by atoms with Gasteiger partial charge in [0.15, 0.2) is 5.43 Å². The fourth-order valence-electron chi connectivity index (χ4n) is 1.66. The Kier molecular flexibility index (Phi) is 2.77. The zero-order valence-electron chi connectivity index (χ0n) is 8.07. The topological polar surface area (TPSA) is 53.2 Å². The van der Waals surface area contributed by atoms with E-state index < -0.39 is 0 Å². The van der Waals surface area contributed by atoms with Crippen molar-refractivity contribution in [3.63, 3.8) is 0 Å². The number of halogens is 1. The molecule has 0 spiro atoms. The Hall–Kier alpha value is -1.29. The van der Waals surface area contributed by atoms with E-state index >= 15 is 0 Å². The normalized spacial score (nSPS) is 20.6. The molecule has 4 nitrogen and oxygen atoms in total. The fraction of sp³-hybridized carbons (Fsp3) is 0.400. The monoisotopic (exact) mass is 226 g/mol. The molecule has 2 heterocycles.